The number of unbranched alkanes of at least 4 members (excludes halogenated alkanes) is 3. The summed E-state index contributed by atoms with van der Waals surface area (Å²) >= 11 is 0. The summed E-state index contributed by atoms with van der Waals surface area (Å²) in [5.41, 5.74) is 0. The van der Waals surface area contributed by atoms with Crippen LogP contribution in [0.3, 0.4) is 0 Å². The van der Waals surface area contributed by atoms with Crippen LogP contribution < -0.4 is 0 Å². The molecule has 0 aliphatic heterocycles. The van der Waals surface area contributed by atoms with E-state index >= 15 is 0 Å². The standard InChI is InChI=1S/C9H16F2O2/c1-2-3-4-5-6-9(12)13-7-8(10)11/h8H,2-7H2,1H3. The number of ether oxygens (including phenoxy) is 1. The van der Waals surface area contributed by atoms with Crippen molar-refractivity contribution in [3.63, 3.8) is 0 Å². The molecule has 13 heavy (non-hydrogen) atoms. The summed E-state index contributed by atoms with van der Waals surface area (Å²) in [6, 6.07) is 0. The predicted molar refractivity (Wildman–Crippen MR) is 45.7 cm³/mol. The van der Waals surface area contributed by atoms with E-state index in [1.165, 1.54) is 0 Å². The summed E-state index contributed by atoms with van der Waals surface area (Å²) in [5, 5.41) is 0. The maximum Gasteiger partial charge on any atom is 0.305 e. The molecule has 0 atom stereocenters. The molecule has 0 saturated carbocycles. The van der Waals surface area contributed by atoms with Crippen molar-refractivity contribution in [2.45, 2.75) is 45.5 Å². The van der Waals surface area contributed by atoms with Crippen LogP contribution in [0.2, 0.25) is 0 Å². The van der Waals surface area contributed by atoms with Crippen LogP contribution in [-0.4, -0.2) is 19.0 Å². The fourth-order valence-electron chi connectivity index (χ4n) is 0.924. The SMILES string of the molecule is CCCCCCC(=O)OCC(F)F. The fourth-order valence-corrected chi connectivity index (χ4v) is 0.924. The normalized spacial score (nSPS) is 10.5. The molecular weight excluding hydrogens is 178 g/mol. The highest BCUT2D eigenvalue weighted by Gasteiger charge is 2.07. The zero-order valence-corrected chi connectivity index (χ0v) is 7.89. The Bertz CT molecular complexity index is 138. The number of rotatable bonds is 7. The Hall–Kier alpha value is -0.670. The molecular formula is C9H16F2O2. The molecule has 0 spiro atoms. The Labute approximate surface area is 77.3 Å². The van der Waals surface area contributed by atoms with Crippen molar-refractivity contribution in [2.24, 2.45) is 0 Å². The van der Waals surface area contributed by atoms with E-state index in [1.54, 1.807) is 0 Å². The van der Waals surface area contributed by atoms with Gasteiger partial charge in [-0.1, -0.05) is 26.2 Å². The molecule has 0 N–H and O–H groups in total. The Balaban J connectivity index is 3.20. The van der Waals surface area contributed by atoms with Gasteiger partial charge >= 0.3 is 5.97 Å². The van der Waals surface area contributed by atoms with Crippen molar-refractivity contribution >= 4 is 5.97 Å². The van der Waals surface area contributed by atoms with E-state index in [9.17, 15) is 13.6 Å². The Morgan fingerprint density at radius 1 is 1.31 bits per heavy atom. The summed E-state index contributed by atoms with van der Waals surface area (Å²) < 4.78 is 27.4. The lowest BCUT2D eigenvalue weighted by Gasteiger charge is -2.03. The van der Waals surface area contributed by atoms with Gasteiger partial charge in [0.15, 0.2) is 6.61 Å². The second-order valence-corrected chi connectivity index (χ2v) is 2.88. The minimum atomic E-state index is -2.56. The molecule has 0 fully saturated rings. The van der Waals surface area contributed by atoms with Gasteiger partial charge in [0.25, 0.3) is 6.43 Å². The largest absolute Gasteiger partial charge is 0.460 e. The predicted octanol–water partition coefficient (Wildman–Crippen LogP) is 2.77. The summed E-state index contributed by atoms with van der Waals surface area (Å²) in [4.78, 5) is 10.8. The number of halogens is 2. The van der Waals surface area contributed by atoms with Crippen molar-refractivity contribution < 1.29 is 18.3 Å². The molecule has 0 heterocycles. The van der Waals surface area contributed by atoms with E-state index < -0.39 is 19.0 Å². The van der Waals surface area contributed by atoms with Crippen LogP contribution in [0.15, 0.2) is 0 Å². The van der Waals surface area contributed by atoms with Gasteiger partial charge in [-0.15, -0.1) is 0 Å². The molecule has 0 unspecified atom stereocenters. The molecule has 4 heteroatoms. The van der Waals surface area contributed by atoms with Crippen LogP contribution in [0, 0.1) is 0 Å². The average Bonchev–Trinajstić information content (AvgIpc) is 2.09. The van der Waals surface area contributed by atoms with E-state index in [-0.39, 0.29) is 6.42 Å². The van der Waals surface area contributed by atoms with Gasteiger partial charge in [-0.25, -0.2) is 8.78 Å². The van der Waals surface area contributed by atoms with E-state index in [1.807, 2.05) is 0 Å². The van der Waals surface area contributed by atoms with Crippen molar-refractivity contribution in [2.75, 3.05) is 6.61 Å². The lowest BCUT2D eigenvalue weighted by molar-refractivity contribution is -0.147. The Kier molecular flexibility index (Phi) is 7.54. The molecule has 0 bridgehead atoms. The summed E-state index contributed by atoms with van der Waals surface area (Å²) in [7, 11) is 0. The van der Waals surface area contributed by atoms with Gasteiger partial charge in [-0.2, -0.15) is 0 Å². The van der Waals surface area contributed by atoms with E-state index in [0.717, 1.165) is 25.7 Å². The lowest BCUT2D eigenvalue weighted by Crippen LogP contribution is -2.10. The quantitative estimate of drug-likeness (QED) is 0.460. The van der Waals surface area contributed by atoms with Gasteiger partial charge in [0, 0.05) is 6.42 Å². The van der Waals surface area contributed by atoms with Crippen LogP contribution in [0.1, 0.15) is 39.0 Å². The third-order valence-corrected chi connectivity index (χ3v) is 1.60. The first-order valence-corrected chi connectivity index (χ1v) is 4.60. The van der Waals surface area contributed by atoms with Gasteiger partial charge in [0.1, 0.15) is 0 Å². The first kappa shape index (κ1) is 12.3. The lowest BCUT2D eigenvalue weighted by atomic mass is 10.2. The van der Waals surface area contributed by atoms with E-state index in [2.05, 4.69) is 11.7 Å². The molecule has 78 valence electrons. The molecule has 0 aromatic heterocycles. The van der Waals surface area contributed by atoms with Crippen LogP contribution in [0.5, 0.6) is 0 Å². The van der Waals surface area contributed by atoms with Gasteiger partial charge < -0.3 is 4.74 Å². The second kappa shape index (κ2) is 7.95. The Morgan fingerprint density at radius 2 is 2.00 bits per heavy atom. The van der Waals surface area contributed by atoms with Crippen LogP contribution in [0.4, 0.5) is 8.78 Å². The van der Waals surface area contributed by atoms with Gasteiger partial charge in [-0.3, -0.25) is 4.79 Å². The summed E-state index contributed by atoms with van der Waals surface area (Å²) in [6.07, 6.45) is 1.55. The highest BCUT2D eigenvalue weighted by atomic mass is 19.3. The number of hydrogen-bond acceptors (Lipinski definition) is 2. The van der Waals surface area contributed by atoms with Crippen molar-refractivity contribution in [3.8, 4) is 0 Å². The highest BCUT2D eigenvalue weighted by molar-refractivity contribution is 5.69. The number of esters is 1. The van der Waals surface area contributed by atoms with E-state index in [0.29, 0.717) is 0 Å². The number of hydrogen-bond donors (Lipinski definition) is 0. The number of carbonyl (C=O) groups is 1. The molecule has 0 saturated heterocycles. The minimum absolute atomic E-state index is 0.257. The van der Waals surface area contributed by atoms with Gasteiger partial charge in [0.2, 0.25) is 0 Å². The molecule has 0 aliphatic carbocycles. The molecule has 0 aliphatic rings. The fraction of sp³-hybridized carbons (Fsp3) is 0.889. The topological polar surface area (TPSA) is 26.3 Å². The monoisotopic (exact) mass is 194 g/mol. The molecule has 2 nitrogen and oxygen atoms in total. The smallest absolute Gasteiger partial charge is 0.305 e. The first-order valence-electron chi connectivity index (χ1n) is 4.60. The van der Waals surface area contributed by atoms with E-state index in [4.69, 9.17) is 0 Å². The second-order valence-electron chi connectivity index (χ2n) is 2.88. The molecule has 0 aromatic carbocycles. The third-order valence-electron chi connectivity index (χ3n) is 1.60. The zero-order chi connectivity index (χ0) is 10.1. The van der Waals surface area contributed by atoms with Crippen molar-refractivity contribution in [3.05, 3.63) is 0 Å². The van der Waals surface area contributed by atoms with Crippen LogP contribution in [-0.2, 0) is 9.53 Å². The van der Waals surface area contributed by atoms with Crippen LogP contribution >= 0.6 is 0 Å². The molecule has 0 amide bonds. The Morgan fingerprint density at radius 3 is 2.54 bits per heavy atom. The molecule has 0 rings (SSSR count). The number of carbonyl (C=O) groups excluding carboxylic acids is 1. The molecule has 0 radical (unpaired) electrons. The van der Waals surface area contributed by atoms with Gasteiger partial charge in [0.05, 0.1) is 0 Å². The number of alkyl halides is 2. The first-order chi connectivity index (χ1) is 6.16. The third kappa shape index (κ3) is 9.24. The van der Waals surface area contributed by atoms with Crippen LogP contribution in [0.25, 0.3) is 0 Å². The minimum Gasteiger partial charge on any atom is -0.460 e. The zero-order valence-electron chi connectivity index (χ0n) is 7.89. The summed E-state index contributed by atoms with van der Waals surface area (Å²) in [6.45, 7) is 1.29. The highest BCUT2D eigenvalue weighted by Crippen LogP contribution is 2.04. The molecule has 0 aromatic rings. The average molecular weight is 194 g/mol. The maximum absolute atomic E-state index is 11.6. The summed E-state index contributed by atoms with van der Waals surface area (Å²) in [5.74, 6) is -0.517. The maximum atomic E-state index is 11.6. The van der Waals surface area contributed by atoms with Gasteiger partial charge in [-0.05, 0) is 6.42 Å². The van der Waals surface area contributed by atoms with Crippen molar-refractivity contribution in [1.29, 1.82) is 0 Å². The van der Waals surface area contributed by atoms with Crippen molar-refractivity contribution in [1.82, 2.24) is 0 Å².